The van der Waals surface area contributed by atoms with E-state index < -0.39 is 6.98 Å². The second-order valence-corrected chi connectivity index (χ2v) is 3.20. The molecule has 0 amide bonds. The van der Waals surface area contributed by atoms with Crippen molar-refractivity contribution in [3.05, 3.63) is 40.3 Å². The van der Waals surface area contributed by atoms with E-state index in [1.165, 1.54) is 18.2 Å². The Kier molecular flexibility index (Phi) is 6.94. The van der Waals surface area contributed by atoms with Gasteiger partial charge in [0.15, 0.2) is 0 Å². The molecule has 0 saturated carbocycles. The molecule has 0 aliphatic heterocycles. The van der Waals surface area contributed by atoms with Crippen molar-refractivity contribution in [2.75, 3.05) is 0 Å². The first kappa shape index (κ1) is 16.2. The molecule has 0 atom stereocenters. The average molecular weight is 270 g/mol. The molecule has 0 spiro atoms. The fourth-order valence-corrected chi connectivity index (χ4v) is 1.25. The number of nitriles is 1. The Morgan fingerprint density at radius 3 is 2.44 bits per heavy atom. The first-order valence-corrected chi connectivity index (χ1v) is 4.39. The fraction of sp³-hybridized carbons (Fsp3) is 0. The van der Waals surface area contributed by atoms with Crippen molar-refractivity contribution >= 4 is 24.7 Å². The maximum Gasteiger partial charge on any atom is 1.00 e. The maximum absolute atomic E-state index is 12.0. The Bertz CT molecular complexity index is 439. The van der Waals surface area contributed by atoms with Crippen LogP contribution in [0.3, 0.4) is 0 Å². The van der Waals surface area contributed by atoms with E-state index >= 15 is 0 Å². The van der Waals surface area contributed by atoms with Crippen molar-refractivity contribution in [3.63, 3.8) is 0 Å². The van der Waals surface area contributed by atoms with Crippen molar-refractivity contribution in [2.45, 2.75) is 0 Å². The summed E-state index contributed by atoms with van der Waals surface area (Å²) < 4.78 is 35.9. The molecule has 0 heterocycles. The van der Waals surface area contributed by atoms with Crippen LogP contribution in [0.5, 0.6) is 0 Å². The summed E-state index contributed by atoms with van der Waals surface area (Å²) >= 11 is 5.67. The molecule has 0 radical (unpaired) electrons. The molecular weight excluding hydrogens is 264 g/mol. The van der Waals surface area contributed by atoms with Gasteiger partial charge in [-0.3, -0.25) is 0 Å². The van der Waals surface area contributed by atoms with Gasteiger partial charge in [-0.2, -0.15) is 5.26 Å². The summed E-state index contributed by atoms with van der Waals surface area (Å²) in [5.41, 5.74) is 0.222. The monoisotopic (exact) mass is 269 g/mol. The van der Waals surface area contributed by atoms with Gasteiger partial charge < -0.3 is 12.9 Å². The van der Waals surface area contributed by atoms with Crippen LogP contribution in [-0.4, -0.2) is 6.98 Å². The van der Waals surface area contributed by atoms with E-state index in [1.807, 2.05) is 0 Å². The van der Waals surface area contributed by atoms with Crippen LogP contribution in [0.25, 0.3) is 6.08 Å². The van der Waals surface area contributed by atoms with Crippen LogP contribution in [0.1, 0.15) is 11.1 Å². The van der Waals surface area contributed by atoms with Gasteiger partial charge in [0.2, 0.25) is 0 Å². The minimum atomic E-state index is -5.01. The molecule has 0 aromatic heterocycles. The van der Waals surface area contributed by atoms with Crippen molar-refractivity contribution in [1.82, 2.24) is 0 Å². The minimum Gasteiger partial charge on any atom is -0.445 e. The van der Waals surface area contributed by atoms with Gasteiger partial charge in [0, 0.05) is 10.6 Å². The van der Waals surface area contributed by atoms with Crippen LogP contribution in [0.15, 0.2) is 24.2 Å². The molecule has 16 heavy (non-hydrogen) atoms. The van der Waals surface area contributed by atoms with E-state index in [-0.39, 0.29) is 73.5 Å². The third-order valence-corrected chi connectivity index (χ3v) is 1.98. The molecule has 0 saturated heterocycles. The third-order valence-electron chi connectivity index (χ3n) is 1.65. The topological polar surface area (TPSA) is 23.8 Å². The number of hydrogen-bond donors (Lipinski definition) is 0. The number of halogens is 4. The normalized spacial score (nSPS) is 10.9. The van der Waals surface area contributed by atoms with E-state index in [4.69, 9.17) is 16.9 Å². The number of rotatable bonds is 2. The SMILES string of the molecule is N#Cc1cccc(Cl)c1/C=C/[B-](F)(F)F.[K+]. The predicted octanol–water partition coefficient (Wildman–Crippen LogP) is 0.615. The summed E-state index contributed by atoms with van der Waals surface area (Å²) in [4.78, 5) is 0. The van der Waals surface area contributed by atoms with Crippen LogP contribution in [0, 0.1) is 11.3 Å². The van der Waals surface area contributed by atoms with Crippen molar-refractivity contribution in [3.8, 4) is 6.07 Å². The molecule has 0 fully saturated rings. The predicted molar refractivity (Wildman–Crippen MR) is 54.3 cm³/mol. The summed E-state index contributed by atoms with van der Waals surface area (Å²) in [5.74, 6) is 0.113. The van der Waals surface area contributed by atoms with E-state index in [0.29, 0.717) is 0 Å². The van der Waals surface area contributed by atoms with Gasteiger partial charge in [-0.15, -0.1) is 5.98 Å². The standard InChI is InChI=1S/C9H5BClF3N.K/c11-9-3-1-2-7(6-15)8(9)4-5-10(12,13)14;/h1-5H;/q-1;+1/b5-4+;. The van der Waals surface area contributed by atoms with Gasteiger partial charge in [-0.05, 0) is 12.1 Å². The van der Waals surface area contributed by atoms with Gasteiger partial charge in [0.05, 0.1) is 11.6 Å². The van der Waals surface area contributed by atoms with Gasteiger partial charge in [0.25, 0.3) is 0 Å². The quantitative estimate of drug-likeness (QED) is 0.722. The second-order valence-electron chi connectivity index (χ2n) is 2.80. The molecule has 1 aromatic carbocycles. The molecule has 0 unspecified atom stereocenters. The van der Waals surface area contributed by atoms with E-state index in [9.17, 15) is 12.9 Å². The Morgan fingerprint density at radius 1 is 1.31 bits per heavy atom. The molecule has 0 aliphatic carbocycles. The smallest absolute Gasteiger partial charge is 0.445 e. The van der Waals surface area contributed by atoms with Gasteiger partial charge in [0.1, 0.15) is 0 Å². The van der Waals surface area contributed by atoms with Gasteiger partial charge in [-0.1, -0.05) is 23.7 Å². The Morgan fingerprint density at radius 2 is 1.94 bits per heavy atom. The Labute approximate surface area is 139 Å². The van der Waals surface area contributed by atoms with Crippen LogP contribution in [-0.2, 0) is 0 Å². The summed E-state index contributed by atoms with van der Waals surface area (Å²) in [5, 5.41) is 8.78. The zero-order chi connectivity index (χ0) is 11.5. The summed E-state index contributed by atoms with van der Waals surface area (Å²) in [6.45, 7) is -5.01. The van der Waals surface area contributed by atoms with Crippen molar-refractivity contribution in [2.24, 2.45) is 0 Å². The second kappa shape index (κ2) is 6.84. The fourth-order valence-electron chi connectivity index (χ4n) is 1.01. The first-order valence-electron chi connectivity index (χ1n) is 4.02. The summed E-state index contributed by atoms with van der Waals surface area (Å²) in [6.07, 6.45) is 0.820. The van der Waals surface area contributed by atoms with E-state index in [2.05, 4.69) is 0 Å². The van der Waals surface area contributed by atoms with Crippen LogP contribution in [0.4, 0.5) is 12.9 Å². The summed E-state index contributed by atoms with van der Waals surface area (Å²) in [6, 6.07) is 6.14. The number of nitrogens with zero attached hydrogens (tertiary/aromatic N) is 1. The van der Waals surface area contributed by atoms with E-state index in [1.54, 1.807) is 6.07 Å². The van der Waals surface area contributed by atoms with Crippen molar-refractivity contribution < 1.29 is 64.3 Å². The maximum atomic E-state index is 12.0. The third kappa shape index (κ3) is 5.04. The largest absolute Gasteiger partial charge is 1.00 e. The molecule has 1 rings (SSSR count). The van der Waals surface area contributed by atoms with Gasteiger partial charge >= 0.3 is 58.4 Å². The van der Waals surface area contributed by atoms with Crippen molar-refractivity contribution in [1.29, 1.82) is 5.26 Å². The molecule has 78 valence electrons. The van der Waals surface area contributed by atoms with Crippen LogP contribution in [0.2, 0.25) is 5.02 Å². The first-order chi connectivity index (χ1) is 6.94. The molecule has 1 aromatic rings. The van der Waals surface area contributed by atoms with Gasteiger partial charge in [-0.25, -0.2) is 0 Å². The zero-order valence-electron chi connectivity index (χ0n) is 8.42. The molecule has 7 heteroatoms. The van der Waals surface area contributed by atoms with E-state index in [0.717, 1.165) is 6.08 Å². The molecular formula is C9H5BClF3KN. The zero-order valence-corrected chi connectivity index (χ0v) is 12.3. The number of benzene rings is 1. The molecule has 1 nitrogen and oxygen atoms in total. The molecule has 0 aliphatic rings. The molecule has 0 N–H and O–H groups in total. The van der Waals surface area contributed by atoms with Crippen LogP contribution < -0.4 is 51.4 Å². The average Bonchev–Trinajstić information content (AvgIpc) is 2.14. The Hall–Kier alpha value is 0.231. The molecule has 0 bridgehead atoms. The minimum absolute atomic E-state index is 0. The number of hydrogen-bond acceptors (Lipinski definition) is 1. The Balaban J connectivity index is 0.00000225. The summed E-state index contributed by atoms with van der Waals surface area (Å²) in [7, 11) is 0. The van der Waals surface area contributed by atoms with Crippen LogP contribution >= 0.6 is 11.6 Å².